The fourth-order valence-electron chi connectivity index (χ4n) is 2.18. The van der Waals surface area contributed by atoms with Crippen molar-refractivity contribution in [3.8, 4) is 11.1 Å². The lowest BCUT2D eigenvalue weighted by Crippen LogP contribution is -2.10. The maximum Gasteiger partial charge on any atom is 0.358 e. The van der Waals surface area contributed by atoms with Crippen molar-refractivity contribution in [3.63, 3.8) is 0 Å². The molecule has 0 bridgehead atoms. The van der Waals surface area contributed by atoms with E-state index in [9.17, 15) is 4.79 Å². The predicted molar refractivity (Wildman–Crippen MR) is 84.6 cm³/mol. The van der Waals surface area contributed by atoms with Crippen molar-refractivity contribution >= 4 is 11.7 Å². The van der Waals surface area contributed by atoms with Crippen LogP contribution in [0.4, 0.5) is 5.69 Å². The minimum absolute atomic E-state index is 0.315. The summed E-state index contributed by atoms with van der Waals surface area (Å²) in [6, 6.07) is 10.3. The fraction of sp³-hybridized carbons (Fsp3) is 0.294. The Kier molecular flexibility index (Phi) is 4.93. The number of hydrogen-bond donors (Lipinski definition) is 1. The molecule has 1 aromatic heterocycles. The normalized spacial score (nSPS) is 10.2. The molecule has 1 heterocycles. The number of anilines is 1. The number of esters is 1. The second-order valence-corrected chi connectivity index (χ2v) is 4.70. The molecular weight excluding hydrogens is 264 g/mol. The number of carbonyl (C=O) groups excluding carboxylic acids is 1. The molecule has 0 saturated carbocycles. The first-order chi connectivity index (χ1) is 10.2. The van der Waals surface area contributed by atoms with E-state index in [0.29, 0.717) is 17.9 Å². The van der Waals surface area contributed by atoms with Gasteiger partial charge in [-0.25, -0.2) is 9.78 Å². The summed E-state index contributed by atoms with van der Waals surface area (Å²) < 4.78 is 4.76. The molecule has 0 radical (unpaired) electrons. The fourth-order valence-corrected chi connectivity index (χ4v) is 2.18. The second kappa shape index (κ2) is 6.88. The highest BCUT2D eigenvalue weighted by molar-refractivity contribution is 5.94. The highest BCUT2D eigenvalue weighted by Gasteiger charge is 2.14. The van der Waals surface area contributed by atoms with Gasteiger partial charge in [0.05, 0.1) is 12.8 Å². The van der Waals surface area contributed by atoms with Gasteiger partial charge in [-0.05, 0) is 30.5 Å². The topological polar surface area (TPSA) is 51.2 Å². The minimum Gasteiger partial charge on any atom is -0.464 e. The molecule has 21 heavy (non-hydrogen) atoms. The molecule has 0 aliphatic rings. The maximum absolute atomic E-state index is 11.7. The predicted octanol–water partition coefficient (Wildman–Crippen LogP) is 3.53. The molecule has 4 nitrogen and oxygen atoms in total. The molecule has 110 valence electrons. The van der Waals surface area contributed by atoms with E-state index in [4.69, 9.17) is 4.74 Å². The van der Waals surface area contributed by atoms with E-state index in [1.165, 1.54) is 12.7 Å². The van der Waals surface area contributed by atoms with Crippen LogP contribution in [0.15, 0.2) is 36.5 Å². The average Bonchev–Trinajstić information content (AvgIpc) is 2.54. The van der Waals surface area contributed by atoms with E-state index < -0.39 is 5.97 Å². The summed E-state index contributed by atoms with van der Waals surface area (Å²) >= 11 is 0. The number of hydrogen-bond acceptors (Lipinski definition) is 4. The molecule has 0 aliphatic heterocycles. The monoisotopic (exact) mass is 284 g/mol. The zero-order chi connectivity index (χ0) is 15.2. The SMILES string of the molecule is CCNc1cc(-c2cccc(CC)c2)cnc1C(=O)OC. The Hall–Kier alpha value is -2.36. The molecule has 1 aromatic carbocycles. The molecule has 0 fully saturated rings. The van der Waals surface area contributed by atoms with Gasteiger partial charge in [-0.15, -0.1) is 0 Å². The maximum atomic E-state index is 11.7. The van der Waals surface area contributed by atoms with Crippen LogP contribution in [0.25, 0.3) is 11.1 Å². The van der Waals surface area contributed by atoms with Gasteiger partial charge in [0.15, 0.2) is 5.69 Å². The Morgan fingerprint density at radius 1 is 1.24 bits per heavy atom. The number of ether oxygens (including phenoxy) is 1. The van der Waals surface area contributed by atoms with E-state index in [-0.39, 0.29) is 0 Å². The smallest absolute Gasteiger partial charge is 0.358 e. The number of benzene rings is 1. The number of aromatic nitrogens is 1. The zero-order valence-corrected chi connectivity index (χ0v) is 12.6. The second-order valence-electron chi connectivity index (χ2n) is 4.70. The summed E-state index contributed by atoms with van der Waals surface area (Å²) in [5.41, 5.74) is 4.36. The Morgan fingerprint density at radius 3 is 2.71 bits per heavy atom. The van der Waals surface area contributed by atoms with E-state index in [1.807, 2.05) is 25.1 Å². The quantitative estimate of drug-likeness (QED) is 0.853. The largest absolute Gasteiger partial charge is 0.464 e. The third-order valence-corrected chi connectivity index (χ3v) is 3.30. The van der Waals surface area contributed by atoms with Crippen LogP contribution in [0.1, 0.15) is 29.9 Å². The van der Waals surface area contributed by atoms with Gasteiger partial charge in [-0.1, -0.05) is 31.2 Å². The standard InChI is InChI=1S/C17H20N2O2/c1-4-12-7-6-8-13(9-12)14-10-15(18-5-2)16(19-11-14)17(20)21-3/h6-11,18H,4-5H2,1-3H3. The van der Waals surface area contributed by atoms with Crippen molar-refractivity contribution in [2.75, 3.05) is 19.0 Å². The first kappa shape index (κ1) is 15.0. The number of rotatable bonds is 5. The number of methoxy groups -OCH3 is 1. The first-order valence-corrected chi connectivity index (χ1v) is 7.11. The molecule has 0 amide bonds. The molecule has 4 heteroatoms. The molecule has 0 aliphatic carbocycles. The van der Waals surface area contributed by atoms with Crippen LogP contribution in [0.3, 0.4) is 0 Å². The molecule has 2 aromatic rings. The van der Waals surface area contributed by atoms with E-state index >= 15 is 0 Å². The summed E-state index contributed by atoms with van der Waals surface area (Å²) in [5, 5.41) is 3.17. The number of nitrogens with one attached hydrogen (secondary N) is 1. The molecule has 1 N–H and O–H groups in total. The van der Waals surface area contributed by atoms with Crippen molar-refractivity contribution in [3.05, 3.63) is 47.8 Å². The molecule has 0 unspecified atom stereocenters. The zero-order valence-electron chi connectivity index (χ0n) is 12.6. The van der Waals surface area contributed by atoms with Crippen LogP contribution in [-0.4, -0.2) is 24.6 Å². The van der Waals surface area contributed by atoms with Gasteiger partial charge in [0.2, 0.25) is 0 Å². The Labute approximate surface area is 125 Å². The minimum atomic E-state index is -0.431. The molecule has 0 atom stereocenters. The summed E-state index contributed by atoms with van der Waals surface area (Å²) in [6.07, 6.45) is 2.70. The number of nitrogens with zero attached hydrogens (tertiary/aromatic N) is 1. The number of pyridine rings is 1. The van der Waals surface area contributed by atoms with Crippen LogP contribution in [0.5, 0.6) is 0 Å². The molecule has 0 spiro atoms. The van der Waals surface area contributed by atoms with Crippen LogP contribution in [-0.2, 0) is 11.2 Å². The number of aryl methyl sites for hydroxylation is 1. The van der Waals surface area contributed by atoms with Crippen molar-refractivity contribution in [2.24, 2.45) is 0 Å². The highest BCUT2D eigenvalue weighted by atomic mass is 16.5. The molecule has 0 saturated heterocycles. The van der Waals surface area contributed by atoms with Crippen molar-refractivity contribution in [2.45, 2.75) is 20.3 Å². The average molecular weight is 284 g/mol. The van der Waals surface area contributed by atoms with Crippen LogP contribution < -0.4 is 5.32 Å². The van der Waals surface area contributed by atoms with Crippen molar-refractivity contribution in [1.29, 1.82) is 0 Å². The lowest BCUT2D eigenvalue weighted by molar-refractivity contribution is 0.0595. The van der Waals surface area contributed by atoms with Crippen molar-refractivity contribution < 1.29 is 9.53 Å². The van der Waals surface area contributed by atoms with Gasteiger partial charge >= 0.3 is 5.97 Å². The Bertz CT molecular complexity index is 638. The number of carbonyl (C=O) groups is 1. The first-order valence-electron chi connectivity index (χ1n) is 7.11. The van der Waals surface area contributed by atoms with Gasteiger partial charge in [-0.3, -0.25) is 0 Å². The van der Waals surface area contributed by atoms with E-state index in [1.54, 1.807) is 6.20 Å². The van der Waals surface area contributed by atoms with Crippen LogP contribution in [0, 0.1) is 0 Å². The van der Waals surface area contributed by atoms with Gasteiger partial charge in [0.25, 0.3) is 0 Å². The summed E-state index contributed by atoms with van der Waals surface area (Å²) in [7, 11) is 1.36. The van der Waals surface area contributed by atoms with E-state index in [0.717, 1.165) is 17.5 Å². The van der Waals surface area contributed by atoms with Gasteiger partial charge in [0.1, 0.15) is 0 Å². The van der Waals surface area contributed by atoms with E-state index in [2.05, 4.69) is 29.4 Å². The summed E-state index contributed by atoms with van der Waals surface area (Å²) in [4.78, 5) is 16.0. The Balaban J connectivity index is 2.45. The lowest BCUT2D eigenvalue weighted by Gasteiger charge is -2.11. The van der Waals surface area contributed by atoms with Crippen LogP contribution >= 0.6 is 0 Å². The summed E-state index contributed by atoms with van der Waals surface area (Å²) in [5.74, 6) is -0.431. The third-order valence-electron chi connectivity index (χ3n) is 3.30. The molecule has 2 rings (SSSR count). The lowest BCUT2D eigenvalue weighted by atomic mass is 10.0. The van der Waals surface area contributed by atoms with Crippen molar-refractivity contribution in [1.82, 2.24) is 4.98 Å². The van der Waals surface area contributed by atoms with Gasteiger partial charge in [-0.2, -0.15) is 0 Å². The third kappa shape index (κ3) is 3.40. The highest BCUT2D eigenvalue weighted by Crippen LogP contribution is 2.25. The summed E-state index contributed by atoms with van der Waals surface area (Å²) in [6.45, 7) is 4.82. The van der Waals surface area contributed by atoms with Crippen LogP contribution in [0.2, 0.25) is 0 Å². The molecular formula is C17H20N2O2. The Morgan fingerprint density at radius 2 is 2.05 bits per heavy atom. The van der Waals surface area contributed by atoms with Gasteiger partial charge < -0.3 is 10.1 Å². The van der Waals surface area contributed by atoms with Gasteiger partial charge in [0, 0.05) is 18.3 Å².